The quantitative estimate of drug-likeness (QED) is 0.248. The second-order valence-electron chi connectivity index (χ2n) is 11.5. The molecule has 2 unspecified atom stereocenters. The predicted molar refractivity (Wildman–Crippen MR) is 151 cm³/mol. The van der Waals surface area contributed by atoms with Crippen LogP contribution in [0, 0.1) is 24.2 Å². The topological polar surface area (TPSA) is 132 Å². The molecule has 1 aliphatic carbocycles. The largest absolute Gasteiger partial charge is 0.351 e. The van der Waals surface area contributed by atoms with Crippen LogP contribution in [-0.4, -0.2) is 48.1 Å². The molecule has 1 aromatic carbocycles. The first-order valence-corrected chi connectivity index (χ1v) is 14.1. The molecule has 2 saturated heterocycles. The van der Waals surface area contributed by atoms with E-state index in [4.69, 9.17) is 15.2 Å². The predicted octanol–water partition coefficient (Wildman–Crippen LogP) is 5.22. The third-order valence-electron chi connectivity index (χ3n) is 8.35. The first kappa shape index (κ1) is 24.1. The average Bonchev–Trinajstić information content (AvgIpc) is 3.50. The number of rotatable bonds is 8. The van der Waals surface area contributed by atoms with Gasteiger partial charge in [0, 0.05) is 53.5 Å². The average molecular weight is 523 g/mol. The lowest BCUT2D eigenvalue weighted by Crippen LogP contribution is -2.54. The molecule has 4 aromatic rings. The second kappa shape index (κ2) is 9.97. The van der Waals surface area contributed by atoms with Gasteiger partial charge in [-0.25, -0.2) is 4.98 Å². The molecular formula is C29H34N10. The molecule has 3 fully saturated rings. The molecule has 1 saturated carbocycles. The number of fused-ring (bicyclic) bond motifs is 3. The Labute approximate surface area is 227 Å². The zero-order valence-corrected chi connectivity index (χ0v) is 22.2. The molecule has 10 nitrogen and oxygen atoms in total. The lowest BCUT2D eigenvalue weighted by atomic mass is 9.77. The number of hydrogen-bond acceptors (Lipinski definition) is 8. The number of nitrogens with zero attached hydrogens (tertiary/aromatic N) is 6. The van der Waals surface area contributed by atoms with Crippen molar-refractivity contribution in [2.24, 2.45) is 5.92 Å². The van der Waals surface area contributed by atoms with Gasteiger partial charge < -0.3 is 16.0 Å². The summed E-state index contributed by atoms with van der Waals surface area (Å²) in [5, 5.41) is 32.8. The van der Waals surface area contributed by atoms with Crippen molar-refractivity contribution in [3.05, 3.63) is 42.4 Å². The van der Waals surface area contributed by atoms with Gasteiger partial charge in [0.05, 0.1) is 23.8 Å². The van der Waals surface area contributed by atoms with Crippen molar-refractivity contribution in [3.63, 3.8) is 0 Å². The zero-order chi connectivity index (χ0) is 26.3. The highest BCUT2D eigenvalue weighted by Gasteiger charge is 2.35. The van der Waals surface area contributed by atoms with Gasteiger partial charge in [-0.05, 0) is 75.5 Å². The number of aromatic nitrogens is 6. The van der Waals surface area contributed by atoms with Crippen molar-refractivity contribution >= 4 is 28.5 Å². The van der Waals surface area contributed by atoms with Crippen LogP contribution in [0.2, 0.25) is 0 Å². The molecular weight excluding hydrogens is 488 g/mol. The SMILES string of the molecule is Cc1cc(Nc2nc(NC3C[C@H]4CC(CCC#N)C[C@@H](C3)N4)nc3cc(-c4cnn(C5CC5)c4)ccc23)n[nH]1. The summed E-state index contributed by atoms with van der Waals surface area (Å²) < 4.78 is 2.08. The number of nitriles is 1. The van der Waals surface area contributed by atoms with E-state index in [0.29, 0.717) is 42.5 Å². The van der Waals surface area contributed by atoms with Crippen molar-refractivity contribution in [1.82, 2.24) is 35.3 Å². The van der Waals surface area contributed by atoms with E-state index in [-0.39, 0.29) is 0 Å². The number of aryl methyl sites for hydroxylation is 1. The maximum absolute atomic E-state index is 9.00. The maximum atomic E-state index is 9.00. The third-order valence-corrected chi connectivity index (χ3v) is 8.35. The van der Waals surface area contributed by atoms with Crippen LogP contribution in [0.3, 0.4) is 0 Å². The zero-order valence-electron chi connectivity index (χ0n) is 22.2. The number of hydrogen-bond donors (Lipinski definition) is 4. The van der Waals surface area contributed by atoms with Gasteiger partial charge in [0.15, 0.2) is 5.82 Å². The standard InChI is InChI=1S/C29H34N10/c1-17-9-27(38-37-17)35-28-25-7-4-19(20-15-31-39(16-20)24-5-6-24)12-26(25)34-29(36-28)33-23-13-21-10-18(3-2-8-30)11-22(14-23)32-21/h4,7,9,12,15-16,18,21-24,32H,2-3,5-6,10-11,13-14H2,1H3,(H3,33,34,35,36,37,38)/t18?,21-,22+,23?. The maximum Gasteiger partial charge on any atom is 0.225 e. The summed E-state index contributed by atoms with van der Waals surface area (Å²) in [5.74, 6) is 2.75. The molecule has 3 aliphatic rings. The van der Waals surface area contributed by atoms with Gasteiger partial charge in [0.2, 0.25) is 5.95 Å². The molecule has 0 radical (unpaired) electrons. The van der Waals surface area contributed by atoms with E-state index in [1.165, 1.54) is 12.8 Å². The molecule has 0 amide bonds. The van der Waals surface area contributed by atoms with E-state index in [2.05, 4.69) is 66.4 Å². The minimum atomic E-state index is 0.302. The Morgan fingerprint density at radius 2 is 1.92 bits per heavy atom. The van der Waals surface area contributed by atoms with Crippen LogP contribution in [0.25, 0.3) is 22.0 Å². The van der Waals surface area contributed by atoms with E-state index >= 15 is 0 Å². The number of anilines is 3. The summed E-state index contributed by atoms with van der Waals surface area (Å²) in [6.07, 6.45) is 12.5. The number of nitrogens with one attached hydrogen (secondary N) is 4. The smallest absolute Gasteiger partial charge is 0.225 e. The molecule has 200 valence electrons. The van der Waals surface area contributed by atoms with Crippen LogP contribution in [0.1, 0.15) is 63.1 Å². The number of aromatic amines is 1. The highest BCUT2D eigenvalue weighted by Crippen LogP contribution is 2.37. The van der Waals surface area contributed by atoms with Crippen molar-refractivity contribution in [1.29, 1.82) is 5.26 Å². The van der Waals surface area contributed by atoms with Gasteiger partial charge >= 0.3 is 0 Å². The molecule has 4 N–H and O–H groups in total. The number of piperidine rings is 2. The van der Waals surface area contributed by atoms with Gasteiger partial charge in [-0.3, -0.25) is 9.78 Å². The number of H-pyrrole nitrogens is 1. The van der Waals surface area contributed by atoms with Crippen molar-refractivity contribution in [2.75, 3.05) is 10.6 Å². The molecule has 5 heterocycles. The second-order valence-corrected chi connectivity index (χ2v) is 11.5. The fourth-order valence-corrected chi connectivity index (χ4v) is 6.39. The Hall–Kier alpha value is -3.97. The Morgan fingerprint density at radius 3 is 2.67 bits per heavy atom. The molecule has 4 atom stereocenters. The summed E-state index contributed by atoms with van der Waals surface area (Å²) in [6.45, 7) is 1.98. The van der Waals surface area contributed by atoms with Crippen LogP contribution in [0.4, 0.5) is 17.6 Å². The minimum Gasteiger partial charge on any atom is -0.351 e. The summed E-state index contributed by atoms with van der Waals surface area (Å²) in [7, 11) is 0. The van der Waals surface area contributed by atoms with Crippen molar-refractivity contribution < 1.29 is 0 Å². The monoisotopic (exact) mass is 522 g/mol. The van der Waals surface area contributed by atoms with Gasteiger partial charge in [0.25, 0.3) is 0 Å². The van der Waals surface area contributed by atoms with E-state index in [9.17, 15) is 0 Å². The Balaban J connectivity index is 1.17. The van der Waals surface area contributed by atoms with Gasteiger partial charge in [-0.15, -0.1) is 0 Å². The highest BCUT2D eigenvalue weighted by atomic mass is 15.3. The third kappa shape index (κ3) is 5.19. The Kier molecular flexibility index (Phi) is 6.16. The van der Waals surface area contributed by atoms with E-state index < -0.39 is 0 Å². The van der Waals surface area contributed by atoms with Crippen LogP contribution < -0.4 is 16.0 Å². The highest BCUT2D eigenvalue weighted by molar-refractivity contribution is 5.94. The van der Waals surface area contributed by atoms with Gasteiger partial charge in [-0.2, -0.15) is 20.4 Å². The minimum absolute atomic E-state index is 0.302. The van der Waals surface area contributed by atoms with Crippen LogP contribution >= 0.6 is 0 Å². The molecule has 10 heteroatoms. The van der Waals surface area contributed by atoms with Crippen molar-refractivity contribution in [2.45, 2.75) is 82.5 Å². The first-order valence-electron chi connectivity index (χ1n) is 14.1. The lowest BCUT2D eigenvalue weighted by molar-refractivity contribution is 0.171. The van der Waals surface area contributed by atoms with Crippen LogP contribution in [-0.2, 0) is 0 Å². The molecule has 3 aromatic heterocycles. The molecule has 39 heavy (non-hydrogen) atoms. The van der Waals surface area contributed by atoms with E-state index in [1.807, 2.05) is 19.2 Å². The molecule has 7 rings (SSSR count). The first-order chi connectivity index (χ1) is 19.1. The summed E-state index contributed by atoms with van der Waals surface area (Å²) in [5.41, 5.74) is 4.06. The normalized spacial score (nSPS) is 24.4. The van der Waals surface area contributed by atoms with Crippen LogP contribution in [0.5, 0.6) is 0 Å². The van der Waals surface area contributed by atoms with Gasteiger partial charge in [-0.1, -0.05) is 6.07 Å². The fraction of sp³-hybridized carbons (Fsp3) is 0.483. The fourth-order valence-electron chi connectivity index (χ4n) is 6.39. The molecule has 2 bridgehead atoms. The van der Waals surface area contributed by atoms with Crippen LogP contribution in [0.15, 0.2) is 36.7 Å². The van der Waals surface area contributed by atoms with Crippen molar-refractivity contribution in [3.8, 4) is 17.2 Å². The molecule has 0 spiro atoms. The number of benzene rings is 1. The Morgan fingerprint density at radius 1 is 1.08 bits per heavy atom. The van der Waals surface area contributed by atoms with E-state index in [0.717, 1.165) is 71.5 Å². The Bertz CT molecular complexity index is 1510. The molecule has 2 aliphatic heterocycles. The van der Waals surface area contributed by atoms with Gasteiger partial charge in [0.1, 0.15) is 5.82 Å². The summed E-state index contributed by atoms with van der Waals surface area (Å²) >= 11 is 0. The summed E-state index contributed by atoms with van der Waals surface area (Å²) in [6, 6.07) is 12.4. The summed E-state index contributed by atoms with van der Waals surface area (Å²) in [4.78, 5) is 9.92. The van der Waals surface area contributed by atoms with E-state index in [1.54, 1.807) is 0 Å². The lowest BCUT2D eigenvalue weighted by Gasteiger charge is -2.43.